The van der Waals surface area contributed by atoms with Gasteiger partial charge in [-0.1, -0.05) is 43.3 Å². The summed E-state index contributed by atoms with van der Waals surface area (Å²) in [6, 6.07) is 19.4. The molecule has 40 heavy (non-hydrogen) atoms. The van der Waals surface area contributed by atoms with E-state index in [0.717, 1.165) is 76.3 Å². The van der Waals surface area contributed by atoms with Gasteiger partial charge in [0, 0.05) is 49.9 Å². The van der Waals surface area contributed by atoms with Crippen molar-refractivity contribution in [1.82, 2.24) is 15.1 Å². The molecule has 2 aromatic rings. The number of fused-ring (bicyclic) bond motifs is 1. The van der Waals surface area contributed by atoms with E-state index in [2.05, 4.69) is 75.5 Å². The fourth-order valence-corrected chi connectivity index (χ4v) is 6.73. The van der Waals surface area contributed by atoms with Gasteiger partial charge in [-0.05, 0) is 50.4 Å². The van der Waals surface area contributed by atoms with Crippen molar-refractivity contribution in [2.75, 3.05) is 44.3 Å². The maximum absolute atomic E-state index is 13.1. The molecule has 0 bridgehead atoms. The summed E-state index contributed by atoms with van der Waals surface area (Å²) in [6.07, 6.45) is 4.93. The minimum Gasteiger partial charge on any atom is -0.487 e. The number of benzene rings is 2. The van der Waals surface area contributed by atoms with Gasteiger partial charge in [-0.2, -0.15) is 0 Å². The second-order valence-corrected chi connectivity index (χ2v) is 11.1. The SMILES string of the molecule is CCN1CCC2(CC1)CC(N1CCC3(CC1)C(=O)NCN3c1ccccc1)c1ccccc1O2.O=C(O)C(=O)O. The zero-order valence-corrected chi connectivity index (χ0v) is 22.9. The second-order valence-electron chi connectivity index (χ2n) is 11.1. The molecule has 4 heterocycles. The number of carbonyl (C=O) groups is 3. The monoisotopic (exact) mass is 550 g/mol. The highest BCUT2D eigenvalue weighted by molar-refractivity contribution is 6.27. The normalized spacial score (nSPS) is 23.5. The Kier molecular flexibility index (Phi) is 8.00. The van der Waals surface area contributed by atoms with Gasteiger partial charge < -0.3 is 30.1 Å². The van der Waals surface area contributed by atoms with Crippen LogP contribution in [-0.2, 0) is 14.4 Å². The number of hydrogen-bond donors (Lipinski definition) is 3. The molecule has 0 radical (unpaired) electrons. The van der Waals surface area contributed by atoms with Crippen LogP contribution in [0.1, 0.15) is 50.6 Å². The van der Waals surface area contributed by atoms with E-state index in [9.17, 15) is 4.79 Å². The lowest BCUT2D eigenvalue weighted by molar-refractivity contribution is -0.159. The largest absolute Gasteiger partial charge is 0.487 e. The predicted molar refractivity (Wildman–Crippen MR) is 149 cm³/mol. The predicted octanol–water partition coefficient (Wildman–Crippen LogP) is 2.95. The van der Waals surface area contributed by atoms with Gasteiger partial charge in [0.15, 0.2) is 0 Å². The van der Waals surface area contributed by atoms with Gasteiger partial charge >= 0.3 is 11.9 Å². The zero-order chi connectivity index (χ0) is 28.3. The molecule has 4 aliphatic heterocycles. The number of nitrogens with zero attached hydrogens (tertiary/aromatic N) is 3. The average Bonchev–Trinajstić information content (AvgIpc) is 3.29. The summed E-state index contributed by atoms with van der Waals surface area (Å²) >= 11 is 0. The second kappa shape index (κ2) is 11.5. The van der Waals surface area contributed by atoms with Crippen molar-refractivity contribution < 1.29 is 29.3 Å². The first-order valence-electron chi connectivity index (χ1n) is 14.1. The molecule has 3 fully saturated rings. The van der Waals surface area contributed by atoms with Crippen LogP contribution in [0.25, 0.3) is 0 Å². The molecule has 6 rings (SSSR count). The molecule has 10 nitrogen and oxygen atoms in total. The number of likely N-dealkylation sites (tertiary alicyclic amines) is 2. The minimum absolute atomic E-state index is 0.0688. The molecule has 0 aromatic heterocycles. The molecule has 1 atom stereocenters. The van der Waals surface area contributed by atoms with Crippen molar-refractivity contribution in [3.63, 3.8) is 0 Å². The molecule has 3 N–H and O–H groups in total. The molecule has 1 amide bonds. The molecule has 0 saturated carbocycles. The quantitative estimate of drug-likeness (QED) is 0.495. The Morgan fingerprint density at radius 3 is 2.17 bits per heavy atom. The highest BCUT2D eigenvalue weighted by Crippen LogP contribution is 2.48. The number of carboxylic acid groups (broad SMARTS) is 2. The maximum atomic E-state index is 13.1. The van der Waals surface area contributed by atoms with Gasteiger partial charge in [-0.3, -0.25) is 9.69 Å². The summed E-state index contributed by atoms with van der Waals surface area (Å²) in [6.45, 7) is 8.03. The van der Waals surface area contributed by atoms with E-state index in [-0.39, 0.29) is 11.5 Å². The number of hydrogen-bond acceptors (Lipinski definition) is 7. The average molecular weight is 551 g/mol. The number of aliphatic carboxylic acids is 2. The van der Waals surface area contributed by atoms with Gasteiger partial charge in [-0.25, -0.2) is 9.59 Å². The molecular formula is C30H38N4O6. The third kappa shape index (κ3) is 5.38. The van der Waals surface area contributed by atoms with Crippen molar-refractivity contribution in [2.24, 2.45) is 0 Å². The summed E-state index contributed by atoms with van der Waals surface area (Å²) in [5, 5.41) is 17.9. The van der Waals surface area contributed by atoms with Gasteiger partial charge in [0.2, 0.25) is 5.91 Å². The number of para-hydroxylation sites is 2. The van der Waals surface area contributed by atoms with Gasteiger partial charge in [0.25, 0.3) is 0 Å². The Hall–Kier alpha value is -3.63. The van der Waals surface area contributed by atoms with E-state index >= 15 is 0 Å². The zero-order valence-electron chi connectivity index (χ0n) is 22.9. The fourth-order valence-electron chi connectivity index (χ4n) is 6.73. The van der Waals surface area contributed by atoms with E-state index in [1.165, 1.54) is 5.56 Å². The van der Waals surface area contributed by atoms with E-state index in [0.29, 0.717) is 12.7 Å². The number of carboxylic acids is 2. The first-order valence-corrected chi connectivity index (χ1v) is 14.1. The molecule has 3 saturated heterocycles. The van der Waals surface area contributed by atoms with Gasteiger partial charge in [0.05, 0.1) is 6.67 Å². The van der Waals surface area contributed by atoms with Crippen molar-refractivity contribution in [1.29, 1.82) is 0 Å². The molecule has 2 aromatic carbocycles. The van der Waals surface area contributed by atoms with E-state index < -0.39 is 17.5 Å². The summed E-state index contributed by atoms with van der Waals surface area (Å²) in [5.74, 6) is -2.40. The number of carbonyl (C=O) groups excluding carboxylic acids is 1. The topological polar surface area (TPSA) is 123 Å². The Bertz CT molecular complexity index is 1210. The third-order valence-electron chi connectivity index (χ3n) is 9.04. The lowest BCUT2D eigenvalue weighted by atomic mass is 9.78. The van der Waals surface area contributed by atoms with Gasteiger partial charge in [0.1, 0.15) is 16.9 Å². The maximum Gasteiger partial charge on any atom is 0.414 e. The smallest absolute Gasteiger partial charge is 0.414 e. The van der Waals surface area contributed by atoms with E-state index in [1.54, 1.807) is 0 Å². The Morgan fingerprint density at radius 2 is 1.55 bits per heavy atom. The first-order chi connectivity index (χ1) is 19.3. The lowest BCUT2D eigenvalue weighted by Gasteiger charge is -2.51. The summed E-state index contributed by atoms with van der Waals surface area (Å²) in [7, 11) is 0. The van der Waals surface area contributed by atoms with E-state index in [4.69, 9.17) is 24.5 Å². The number of rotatable bonds is 3. The number of nitrogens with one attached hydrogen (secondary N) is 1. The first kappa shape index (κ1) is 27.9. The van der Waals surface area contributed by atoms with E-state index in [1.807, 2.05) is 6.07 Å². The molecular weight excluding hydrogens is 512 g/mol. The molecule has 2 spiro atoms. The van der Waals surface area contributed by atoms with Crippen LogP contribution in [0.4, 0.5) is 5.69 Å². The lowest BCUT2D eigenvalue weighted by Crippen LogP contribution is -2.58. The Labute approximate surface area is 234 Å². The standard InChI is InChI=1S/C28H36N4O2.C2H2O4/c1-2-30-16-12-27(13-17-30)20-24(23-10-6-7-11-25(23)34-27)31-18-14-28(15-19-31)26(33)29-21-32(28)22-8-4-3-5-9-22;3-1(4)2(5)6/h3-11,24H,2,12-21H2,1H3,(H,29,33);(H,3,4)(H,5,6). The van der Waals surface area contributed by atoms with Crippen molar-refractivity contribution in [2.45, 2.75) is 56.2 Å². The number of piperidine rings is 2. The van der Waals surface area contributed by atoms with Crippen LogP contribution >= 0.6 is 0 Å². The number of amides is 1. The number of anilines is 1. The van der Waals surface area contributed by atoms with Crippen LogP contribution in [0.3, 0.4) is 0 Å². The highest BCUT2D eigenvalue weighted by atomic mass is 16.5. The van der Waals surface area contributed by atoms with Crippen LogP contribution in [-0.4, -0.2) is 88.4 Å². The molecule has 0 aliphatic carbocycles. The Balaban J connectivity index is 0.000000487. The van der Waals surface area contributed by atoms with Crippen LogP contribution in [0.5, 0.6) is 5.75 Å². The summed E-state index contributed by atoms with van der Waals surface area (Å²) in [4.78, 5) is 38.8. The third-order valence-corrected chi connectivity index (χ3v) is 9.04. The molecule has 4 aliphatic rings. The minimum atomic E-state index is -1.82. The Morgan fingerprint density at radius 1 is 0.925 bits per heavy atom. The van der Waals surface area contributed by atoms with Crippen molar-refractivity contribution in [3.05, 3.63) is 60.2 Å². The van der Waals surface area contributed by atoms with Gasteiger partial charge in [-0.15, -0.1) is 0 Å². The number of ether oxygens (including phenoxy) is 1. The summed E-state index contributed by atoms with van der Waals surface area (Å²) in [5.41, 5.74) is 1.94. The van der Waals surface area contributed by atoms with Crippen LogP contribution in [0.2, 0.25) is 0 Å². The van der Waals surface area contributed by atoms with Crippen LogP contribution in [0, 0.1) is 0 Å². The van der Waals surface area contributed by atoms with Crippen molar-refractivity contribution >= 4 is 23.5 Å². The molecule has 10 heteroatoms. The highest BCUT2D eigenvalue weighted by Gasteiger charge is 2.52. The molecule has 214 valence electrons. The summed E-state index contributed by atoms with van der Waals surface area (Å²) < 4.78 is 6.73. The fraction of sp³-hybridized carbons (Fsp3) is 0.500. The van der Waals surface area contributed by atoms with Crippen molar-refractivity contribution in [3.8, 4) is 5.75 Å². The molecule has 1 unspecified atom stereocenters. The van der Waals surface area contributed by atoms with Crippen LogP contribution in [0.15, 0.2) is 54.6 Å². The van der Waals surface area contributed by atoms with Crippen LogP contribution < -0.4 is 15.0 Å².